The SMILES string of the molecule is CCCNc1cc(SC(C)CO)nc(COC)n1. The van der Waals surface area contributed by atoms with Crippen LogP contribution >= 0.6 is 11.8 Å². The molecule has 0 aliphatic rings. The van der Waals surface area contributed by atoms with Crippen LogP contribution in [0.4, 0.5) is 5.82 Å². The molecule has 0 aliphatic carbocycles. The van der Waals surface area contributed by atoms with Crippen LogP contribution in [0, 0.1) is 0 Å². The van der Waals surface area contributed by atoms with Crippen molar-refractivity contribution < 1.29 is 9.84 Å². The molecule has 1 aromatic heterocycles. The van der Waals surface area contributed by atoms with Crippen LogP contribution in [-0.2, 0) is 11.3 Å². The Bertz CT molecular complexity index is 363. The van der Waals surface area contributed by atoms with Crippen LogP contribution in [0.3, 0.4) is 0 Å². The van der Waals surface area contributed by atoms with Crippen LogP contribution in [0.1, 0.15) is 26.1 Å². The summed E-state index contributed by atoms with van der Waals surface area (Å²) in [5.41, 5.74) is 0. The zero-order valence-corrected chi connectivity index (χ0v) is 12.0. The number of aliphatic hydroxyl groups excluding tert-OH is 1. The molecule has 18 heavy (non-hydrogen) atoms. The smallest absolute Gasteiger partial charge is 0.157 e. The lowest BCUT2D eigenvalue weighted by atomic mass is 10.4. The summed E-state index contributed by atoms with van der Waals surface area (Å²) < 4.78 is 5.06. The van der Waals surface area contributed by atoms with Crippen molar-refractivity contribution >= 4 is 17.6 Å². The highest BCUT2D eigenvalue weighted by atomic mass is 32.2. The van der Waals surface area contributed by atoms with Gasteiger partial charge in [-0.25, -0.2) is 9.97 Å². The molecule has 0 fully saturated rings. The summed E-state index contributed by atoms with van der Waals surface area (Å²) in [6, 6.07) is 1.91. The summed E-state index contributed by atoms with van der Waals surface area (Å²) in [7, 11) is 1.62. The molecule has 1 rings (SSSR count). The molecule has 0 saturated heterocycles. The normalized spacial score (nSPS) is 12.4. The maximum Gasteiger partial charge on any atom is 0.157 e. The number of nitrogens with zero attached hydrogens (tertiary/aromatic N) is 2. The first-order valence-corrected chi connectivity index (χ1v) is 6.95. The third-order valence-electron chi connectivity index (χ3n) is 2.16. The summed E-state index contributed by atoms with van der Waals surface area (Å²) in [6.07, 6.45) is 1.04. The molecule has 0 amide bonds. The molecule has 1 heterocycles. The van der Waals surface area contributed by atoms with E-state index in [9.17, 15) is 0 Å². The molecular weight excluding hydrogens is 250 g/mol. The van der Waals surface area contributed by atoms with Crippen molar-refractivity contribution in [3.05, 3.63) is 11.9 Å². The van der Waals surface area contributed by atoms with Crippen molar-refractivity contribution in [1.82, 2.24) is 9.97 Å². The predicted octanol–water partition coefficient (Wildman–Crippen LogP) is 1.92. The highest BCUT2D eigenvalue weighted by molar-refractivity contribution is 7.99. The minimum atomic E-state index is 0.120. The molecule has 0 saturated carbocycles. The molecule has 1 atom stereocenters. The average Bonchev–Trinajstić information content (AvgIpc) is 2.36. The van der Waals surface area contributed by atoms with Crippen LogP contribution in [0.25, 0.3) is 0 Å². The standard InChI is InChI=1S/C12H21N3O2S/c1-4-5-13-10-6-12(18-9(2)7-16)15-11(14-10)8-17-3/h6,9,16H,4-5,7-8H2,1-3H3,(H,13,14,15). The second-order valence-electron chi connectivity index (χ2n) is 3.98. The first kappa shape index (κ1) is 15.2. The molecule has 1 unspecified atom stereocenters. The summed E-state index contributed by atoms with van der Waals surface area (Å²) in [6.45, 7) is 5.47. The molecule has 0 radical (unpaired) electrons. The van der Waals surface area contributed by atoms with Gasteiger partial charge >= 0.3 is 0 Å². The Kier molecular flexibility index (Phi) is 7.00. The fraction of sp³-hybridized carbons (Fsp3) is 0.667. The van der Waals surface area contributed by atoms with Gasteiger partial charge in [0.25, 0.3) is 0 Å². The van der Waals surface area contributed by atoms with E-state index in [0.29, 0.717) is 12.4 Å². The van der Waals surface area contributed by atoms with Gasteiger partial charge in [-0.15, -0.1) is 11.8 Å². The molecule has 0 spiro atoms. The second kappa shape index (κ2) is 8.29. The number of aliphatic hydroxyl groups is 1. The van der Waals surface area contributed by atoms with Crippen LogP contribution in [0.5, 0.6) is 0 Å². The average molecular weight is 271 g/mol. The van der Waals surface area contributed by atoms with Crippen molar-refractivity contribution in [1.29, 1.82) is 0 Å². The van der Waals surface area contributed by atoms with Crippen LogP contribution in [0.2, 0.25) is 0 Å². The van der Waals surface area contributed by atoms with Gasteiger partial charge < -0.3 is 15.2 Å². The van der Waals surface area contributed by atoms with E-state index < -0.39 is 0 Å². The largest absolute Gasteiger partial charge is 0.395 e. The van der Waals surface area contributed by atoms with Gasteiger partial charge in [-0.1, -0.05) is 13.8 Å². The molecule has 2 N–H and O–H groups in total. The van der Waals surface area contributed by atoms with Crippen molar-refractivity contribution in [2.45, 2.75) is 37.2 Å². The molecule has 1 aromatic rings. The Balaban J connectivity index is 2.83. The number of aromatic nitrogens is 2. The lowest BCUT2D eigenvalue weighted by Gasteiger charge is -2.11. The van der Waals surface area contributed by atoms with E-state index >= 15 is 0 Å². The van der Waals surface area contributed by atoms with Gasteiger partial charge in [-0.05, 0) is 6.42 Å². The number of rotatable bonds is 8. The Labute approximate surface area is 112 Å². The van der Waals surface area contributed by atoms with Gasteiger partial charge in [0, 0.05) is 25.0 Å². The first-order valence-electron chi connectivity index (χ1n) is 6.07. The van der Waals surface area contributed by atoms with E-state index in [1.54, 1.807) is 7.11 Å². The number of anilines is 1. The van der Waals surface area contributed by atoms with Gasteiger partial charge in [0.2, 0.25) is 0 Å². The molecule has 5 nitrogen and oxygen atoms in total. The van der Waals surface area contributed by atoms with Crippen LogP contribution in [-0.4, -0.2) is 40.6 Å². The zero-order valence-electron chi connectivity index (χ0n) is 11.1. The molecule has 0 bridgehead atoms. The summed E-state index contributed by atoms with van der Waals surface area (Å²) in [5, 5.41) is 13.3. The highest BCUT2D eigenvalue weighted by Gasteiger charge is 2.08. The van der Waals surface area contributed by atoms with Gasteiger partial charge in [0.05, 0.1) is 6.61 Å². The minimum Gasteiger partial charge on any atom is -0.395 e. The summed E-state index contributed by atoms with van der Waals surface area (Å²) in [5.74, 6) is 1.47. The number of thioether (sulfide) groups is 1. The lowest BCUT2D eigenvalue weighted by Crippen LogP contribution is -2.08. The van der Waals surface area contributed by atoms with E-state index in [1.807, 2.05) is 13.0 Å². The van der Waals surface area contributed by atoms with Crippen LogP contribution < -0.4 is 5.32 Å². The molecule has 102 valence electrons. The maximum absolute atomic E-state index is 9.07. The second-order valence-corrected chi connectivity index (χ2v) is 5.44. The van der Waals surface area contributed by atoms with Crippen molar-refractivity contribution in [2.24, 2.45) is 0 Å². The molecule has 6 heteroatoms. The highest BCUT2D eigenvalue weighted by Crippen LogP contribution is 2.23. The number of nitrogens with one attached hydrogen (secondary N) is 1. The fourth-order valence-electron chi connectivity index (χ4n) is 1.31. The van der Waals surface area contributed by atoms with Gasteiger partial charge in [-0.2, -0.15) is 0 Å². The van der Waals surface area contributed by atoms with E-state index in [0.717, 1.165) is 23.8 Å². The van der Waals surface area contributed by atoms with Crippen molar-refractivity contribution in [3.8, 4) is 0 Å². The molecule has 0 aliphatic heterocycles. The Morgan fingerprint density at radius 2 is 2.28 bits per heavy atom. The van der Waals surface area contributed by atoms with Gasteiger partial charge in [0.15, 0.2) is 5.82 Å². The quantitative estimate of drug-likeness (QED) is 0.556. The van der Waals surface area contributed by atoms with E-state index in [-0.39, 0.29) is 11.9 Å². The van der Waals surface area contributed by atoms with Crippen molar-refractivity contribution in [3.63, 3.8) is 0 Å². The summed E-state index contributed by atoms with van der Waals surface area (Å²) in [4.78, 5) is 8.77. The monoisotopic (exact) mass is 271 g/mol. The van der Waals surface area contributed by atoms with Gasteiger partial charge in [-0.3, -0.25) is 0 Å². The lowest BCUT2D eigenvalue weighted by molar-refractivity contribution is 0.177. The van der Waals surface area contributed by atoms with Gasteiger partial charge in [0.1, 0.15) is 17.5 Å². The molecular formula is C12H21N3O2S. The summed E-state index contributed by atoms with van der Waals surface area (Å²) >= 11 is 1.53. The molecule has 0 aromatic carbocycles. The topological polar surface area (TPSA) is 67.3 Å². The zero-order chi connectivity index (χ0) is 13.4. The van der Waals surface area contributed by atoms with E-state index in [4.69, 9.17) is 9.84 Å². The number of hydrogen-bond donors (Lipinski definition) is 2. The number of hydrogen-bond acceptors (Lipinski definition) is 6. The Morgan fingerprint density at radius 1 is 1.50 bits per heavy atom. The third-order valence-corrected chi connectivity index (χ3v) is 3.16. The van der Waals surface area contributed by atoms with E-state index in [2.05, 4.69) is 22.2 Å². The minimum absolute atomic E-state index is 0.120. The number of ether oxygens (including phenoxy) is 1. The Hall–Kier alpha value is -0.850. The fourth-order valence-corrected chi connectivity index (χ4v) is 2.14. The van der Waals surface area contributed by atoms with E-state index in [1.165, 1.54) is 11.8 Å². The van der Waals surface area contributed by atoms with Crippen LogP contribution in [0.15, 0.2) is 11.1 Å². The first-order chi connectivity index (χ1) is 8.69. The van der Waals surface area contributed by atoms with Crippen molar-refractivity contribution in [2.75, 3.05) is 25.6 Å². The third kappa shape index (κ3) is 5.20. The number of methoxy groups -OCH3 is 1. The Morgan fingerprint density at radius 3 is 2.89 bits per heavy atom. The predicted molar refractivity (Wildman–Crippen MR) is 73.9 cm³/mol. The maximum atomic E-state index is 9.07.